The number of nitrogens with zero attached hydrogens (tertiary/aromatic N) is 3. The standard InChI is InChI=1S/C19H20N4O4/c1-10(2)11-8-12(15(25)9-14(11)24)18-21-22-19(17(20)26)23(18)13-6-4-5-7-16(13)27-3/h4-10,24-25H,1-3H3,(H2,20,26). The Balaban J connectivity index is 2.34. The summed E-state index contributed by atoms with van der Waals surface area (Å²) in [4.78, 5) is 11.9. The first kappa shape index (κ1) is 18.2. The zero-order valence-electron chi connectivity index (χ0n) is 15.2. The fourth-order valence-corrected chi connectivity index (χ4v) is 2.90. The molecule has 3 rings (SSSR count). The second kappa shape index (κ2) is 6.99. The first-order valence-corrected chi connectivity index (χ1v) is 8.30. The van der Waals surface area contributed by atoms with Crippen molar-refractivity contribution in [2.45, 2.75) is 19.8 Å². The number of carbonyl (C=O) groups excluding carboxylic acids is 1. The number of methoxy groups -OCH3 is 1. The molecule has 0 aliphatic rings. The van der Waals surface area contributed by atoms with Crippen molar-refractivity contribution < 1.29 is 19.7 Å². The van der Waals surface area contributed by atoms with Crippen LogP contribution in [-0.4, -0.2) is 38.0 Å². The van der Waals surface area contributed by atoms with E-state index in [1.54, 1.807) is 30.3 Å². The summed E-state index contributed by atoms with van der Waals surface area (Å²) in [5.41, 5.74) is 6.89. The van der Waals surface area contributed by atoms with Crippen LogP contribution in [0.25, 0.3) is 17.1 Å². The Morgan fingerprint density at radius 1 is 1.15 bits per heavy atom. The minimum atomic E-state index is -0.776. The number of primary amides is 1. The highest BCUT2D eigenvalue weighted by molar-refractivity contribution is 5.91. The molecule has 0 saturated heterocycles. The van der Waals surface area contributed by atoms with Gasteiger partial charge in [-0.3, -0.25) is 9.36 Å². The molecule has 1 aromatic heterocycles. The van der Waals surface area contributed by atoms with Gasteiger partial charge in [-0.15, -0.1) is 10.2 Å². The highest BCUT2D eigenvalue weighted by Crippen LogP contribution is 2.39. The number of hydrogen-bond donors (Lipinski definition) is 3. The van der Waals surface area contributed by atoms with Crippen LogP contribution in [0.1, 0.15) is 35.9 Å². The van der Waals surface area contributed by atoms with E-state index >= 15 is 0 Å². The molecule has 0 spiro atoms. The number of phenolic OH excluding ortho intramolecular Hbond substituents is 2. The number of ether oxygens (including phenoxy) is 1. The normalized spacial score (nSPS) is 11.0. The van der Waals surface area contributed by atoms with Gasteiger partial charge in [-0.25, -0.2) is 0 Å². The number of hydrogen-bond acceptors (Lipinski definition) is 6. The third kappa shape index (κ3) is 3.17. The molecular formula is C19H20N4O4. The van der Waals surface area contributed by atoms with Crippen LogP contribution in [0.15, 0.2) is 36.4 Å². The Bertz CT molecular complexity index is 1010. The average molecular weight is 368 g/mol. The Morgan fingerprint density at radius 3 is 2.48 bits per heavy atom. The van der Waals surface area contributed by atoms with E-state index < -0.39 is 5.91 Å². The zero-order chi connectivity index (χ0) is 19.7. The molecule has 0 unspecified atom stereocenters. The smallest absolute Gasteiger partial charge is 0.287 e. The highest BCUT2D eigenvalue weighted by Gasteiger charge is 2.24. The van der Waals surface area contributed by atoms with E-state index in [9.17, 15) is 15.0 Å². The zero-order valence-corrected chi connectivity index (χ0v) is 15.2. The van der Waals surface area contributed by atoms with Crippen molar-refractivity contribution >= 4 is 5.91 Å². The van der Waals surface area contributed by atoms with Gasteiger partial charge in [0.05, 0.1) is 18.4 Å². The number of rotatable bonds is 5. The van der Waals surface area contributed by atoms with Gasteiger partial charge in [-0.05, 0) is 29.7 Å². The molecule has 1 amide bonds. The molecule has 0 aliphatic carbocycles. The Hall–Kier alpha value is -3.55. The minimum absolute atomic E-state index is 0.00240. The van der Waals surface area contributed by atoms with Gasteiger partial charge < -0.3 is 20.7 Å². The van der Waals surface area contributed by atoms with Crippen molar-refractivity contribution in [3.8, 4) is 34.3 Å². The van der Waals surface area contributed by atoms with Crippen molar-refractivity contribution in [2.75, 3.05) is 7.11 Å². The van der Waals surface area contributed by atoms with Crippen molar-refractivity contribution in [3.05, 3.63) is 47.8 Å². The van der Waals surface area contributed by atoms with Crippen molar-refractivity contribution in [3.63, 3.8) is 0 Å². The lowest BCUT2D eigenvalue weighted by molar-refractivity contribution is 0.0988. The van der Waals surface area contributed by atoms with Crippen LogP contribution in [0.5, 0.6) is 17.2 Å². The quantitative estimate of drug-likeness (QED) is 0.636. The van der Waals surface area contributed by atoms with E-state index in [1.165, 1.54) is 17.7 Å². The molecule has 0 bridgehead atoms. The molecule has 140 valence electrons. The van der Waals surface area contributed by atoms with Crippen molar-refractivity contribution in [2.24, 2.45) is 5.73 Å². The van der Waals surface area contributed by atoms with E-state index in [2.05, 4.69) is 10.2 Å². The molecule has 0 saturated carbocycles. The molecule has 1 heterocycles. The van der Waals surface area contributed by atoms with Crippen LogP contribution in [0.2, 0.25) is 0 Å². The van der Waals surface area contributed by atoms with Crippen LogP contribution < -0.4 is 10.5 Å². The molecule has 2 aromatic carbocycles. The number of para-hydroxylation sites is 2. The van der Waals surface area contributed by atoms with Gasteiger partial charge in [0, 0.05) is 6.07 Å². The van der Waals surface area contributed by atoms with Gasteiger partial charge in [0.1, 0.15) is 17.2 Å². The monoisotopic (exact) mass is 368 g/mol. The maximum Gasteiger partial charge on any atom is 0.287 e. The second-order valence-corrected chi connectivity index (χ2v) is 6.30. The number of phenols is 2. The number of benzene rings is 2. The SMILES string of the molecule is COc1ccccc1-n1c(C(N)=O)nnc1-c1cc(C(C)C)c(O)cc1O. The van der Waals surface area contributed by atoms with Gasteiger partial charge >= 0.3 is 0 Å². The van der Waals surface area contributed by atoms with Crippen LogP contribution >= 0.6 is 0 Å². The Labute approximate surface area is 155 Å². The maximum atomic E-state index is 11.9. The van der Waals surface area contributed by atoms with E-state index in [0.29, 0.717) is 22.6 Å². The molecule has 8 heteroatoms. The van der Waals surface area contributed by atoms with E-state index in [1.807, 2.05) is 13.8 Å². The minimum Gasteiger partial charge on any atom is -0.508 e. The van der Waals surface area contributed by atoms with Gasteiger partial charge in [-0.1, -0.05) is 26.0 Å². The lowest BCUT2D eigenvalue weighted by Crippen LogP contribution is -2.18. The van der Waals surface area contributed by atoms with E-state index in [-0.39, 0.29) is 29.1 Å². The summed E-state index contributed by atoms with van der Waals surface area (Å²) >= 11 is 0. The number of aromatic nitrogens is 3. The van der Waals surface area contributed by atoms with Gasteiger partial charge in [0.2, 0.25) is 5.82 Å². The molecule has 0 fully saturated rings. The van der Waals surface area contributed by atoms with Crippen LogP contribution in [-0.2, 0) is 0 Å². The molecule has 0 aliphatic heterocycles. The van der Waals surface area contributed by atoms with Crippen molar-refractivity contribution in [1.29, 1.82) is 0 Å². The molecule has 8 nitrogen and oxygen atoms in total. The van der Waals surface area contributed by atoms with Crippen LogP contribution in [0, 0.1) is 0 Å². The fourth-order valence-electron chi connectivity index (χ4n) is 2.90. The summed E-state index contributed by atoms with van der Waals surface area (Å²) < 4.78 is 6.80. The van der Waals surface area contributed by atoms with Gasteiger partial charge in [0.15, 0.2) is 5.82 Å². The molecule has 27 heavy (non-hydrogen) atoms. The highest BCUT2D eigenvalue weighted by atomic mass is 16.5. The predicted octanol–water partition coefficient (Wildman–Crippen LogP) is 2.58. The number of carbonyl (C=O) groups is 1. The first-order chi connectivity index (χ1) is 12.8. The van der Waals surface area contributed by atoms with Gasteiger partial charge in [0.25, 0.3) is 5.91 Å². The van der Waals surface area contributed by atoms with E-state index in [0.717, 1.165) is 0 Å². The summed E-state index contributed by atoms with van der Waals surface area (Å²) in [6.07, 6.45) is 0. The molecule has 3 aromatic rings. The first-order valence-electron chi connectivity index (χ1n) is 8.30. The fraction of sp³-hybridized carbons (Fsp3) is 0.211. The summed E-state index contributed by atoms with van der Waals surface area (Å²) in [7, 11) is 1.50. The maximum absolute atomic E-state index is 11.9. The Morgan fingerprint density at radius 2 is 1.85 bits per heavy atom. The Kier molecular flexibility index (Phi) is 4.72. The largest absolute Gasteiger partial charge is 0.508 e. The third-order valence-corrected chi connectivity index (χ3v) is 4.22. The average Bonchev–Trinajstić information content (AvgIpc) is 3.06. The lowest BCUT2D eigenvalue weighted by atomic mass is 9.98. The summed E-state index contributed by atoms with van der Waals surface area (Å²) in [5, 5.41) is 28.5. The number of nitrogens with two attached hydrogens (primary N) is 1. The van der Waals surface area contributed by atoms with E-state index in [4.69, 9.17) is 10.5 Å². The summed E-state index contributed by atoms with van der Waals surface area (Å²) in [5.74, 6) is -0.421. The summed E-state index contributed by atoms with van der Waals surface area (Å²) in [6.45, 7) is 3.82. The van der Waals surface area contributed by atoms with Crippen LogP contribution in [0.3, 0.4) is 0 Å². The molecule has 0 radical (unpaired) electrons. The third-order valence-electron chi connectivity index (χ3n) is 4.22. The van der Waals surface area contributed by atoms with Crippen LogP contribution in [0.4, 0.5) is 0 Å². The molecule has 4 N–H and O–H groups in total. The van der Waals surface area contributed by atoms with Crippen molar-refractivity contribution in [1.82, 2.24) is 14.8 Å². The number of amides is 1. The second-order valence-electron chi connectivity index (χ2n) is 6.30. The molecule has 0 atom stereocenters. The molecular weight excluding hydrogens is 348 g/mol. The van der Waals surface area contributed by atoms with Gasteiger partial charge in [-0.2, -0.15) is 0 Å². The summed E-state index contributed by atoms with van der Waals surface area (Å²) in [6, 6.07) is 9.86. The predicted molar refractivity (Wildman–Crippen MR) is 99.3 cm³/mol. The number of aromatic hydroxyl groups is 2. The lowest BCUT2D eigenvalue weighted by Gasteiger charge is -2.15. The topological polar surface area (TPSA) is 123 Å².